The second-order valence-electron chi connectivity index (χ2n) is 6.39. The smallest absolute Gasteiger partial charge is 0.312 e. The highest BCUT2D eigenvalue weighted by molar-refractivity contribution is 5.74. The molecule has 3 nitrogen and oxygen atoms in total. The van der Waals surface area contributed by atoms with E-state index in [0.29, 0.717) is 6.42 Å². The molecule has 3 atom stereocenters. The fourth-order valence-corrected chi connectivity index (χ4v) is 2.59. The van der Waals surface area contributed by atoms with E-state index in [1.165, 1.54) is 0 Å². The standard InChI is InChI=1S/C14H26O3/c1-10-8-6-7-9-14(10,16)11(2)12(15)17-13(3,4)5/h10-11,16H,6-9H2,1-5H3. The van der Waals surface area contributed by atoms with Gasteiger partial charge in [0.25, 0.3) is 0 Å². The lowest BCUT2D eigenvalue weighted by atomic mass is 9.70. The van der Waals surface area contributed by atoms with Crippen LogP contribution in [-0.2, 0) is 9.53 Å². The SMILES string of the molecule is CC1CCCCC1(O)C(C)C(=O)OC(C)(C)C. The maximum absolute atomic E-state index is 12.0. The molecule has 0 amide bonds. The van der Waals surface area contributed by atoms with E-state index in [1.54, 1.807) is 6.92 Å². The van der Waals surface area contributed by atoms with Crippen molar-refractivity contribution in [2.45, 2.75) is 71.5 Å². The summed E-state index contributed by atoms with van der Waals surface area (Å²) in [6.45, 7) is 9.37. The number of hydrogen-bond donors (Lipinski definition) is 1. The lowest BCUT2D eigenvalue weighted by Crippen LogP contribution is -2.49. The summed E-state index contributed by atoms with van der Waals surface area (Å²) in [5.74, 6) is -0.565. The largest absolute Gasteiger partial charge is 0.460 e. The van der Waals surface area contributed by atoms with Gasteiger partial charge in [0.1, 0.15) is 5.60 Å². The molecule has 0 saturated heterocycles. The van der Waals surface area contributed by atoms with Gasteiger partial charge in [-0.3, -0.25) is 4.79 Å². The van der Waals surface area contributed by atoms with Crippen LogP contribution in [0.2, 0.25) is 0 Å². The van der Waals surface area contributed by atoms with Crippen LogP contribution in [0, 0.1) is 11.8 Å². The Labute approximate surface area is 105 Å². The maximum atomic E-state index is 12.0. The van der Waals surface area contributed by atoms with Gasteiger partial charge in [0.05, 0.1) is 11.5 Å². The first-order valence-corrected chi connectivity index (χ1v) is 6.62. The highest BCUT2D eigenvalue weighted by Gasteiger charge is 2.45. The van der Waals surface area contributed by atoms with Crippen LogP contribution < -0.4 is 0 Å². The molecule has 1 fully saturated rings. The molecule has 0 heterocycles. The molecule has 1 aliphatic carbocycles. The summed E-state index contributed by atoms with van der Waals surface area (Å²) in [6.07, 6.45) is 3.83. The third-order valence-electron chi connectivity index (χ3n) is 3.83. The topological polar surface area (TPSA) is 46.5 Å². The van der Waals surface area contributed by atoms with E-state index in [4.69, 9.17) is 4.74 Å². The van der Waals surface area contributed by atoms with Crippen molar-refractivity contribution >= 4 is 5.97 Å². The molecule has 1 rings (SSSR count). The summed E-state index contributed by atoms with van der Waals surface area (Å²) >= 11 is 0. The van der Waals surface area contributed by atoms with Crippen molar-refractivity contribution in [2.75, 3.05) is 0 Å². The lowest BCUT2D eigenvalue weighted by Gasteiger charge is -2.42. The molecule has 17 heavy (non-hydrogen) atoms. The quantitative estimate of drug-likeness (QED) is 0.757. The van der Waals surface area contributed by atoms with Crippen molar-refractivity contribution in [3.8, 4) is 0 Å². The zero-order valence-electron chi connectivity index (χ0n) is 11.7. The number of aliphatic hydroxyl groups is 1. The Hall–Kier alpha value is -0.570. The first kappa shape index (κ1) is 14.5. The van der Waals surface area contributed by atoms with Gasteiger partial charge in [-0.2, -0.15) is 0 Å². The van der Waals surface area contributed by atoms with Gasteiger partial charge in [0.2, 0.25) is 0 Å². The van der Waals surface area contributed by atoms with Gasteiger partial charge in [-0.05, 0) is 46.5 Å². The summed E-state index contributed by atoms with van der Waals surface area (Å²) in [6, 6.07) is 0. The first-order valence-electron chi connectivity index (χ1n) is 6.62. The third-order valence-corrected chi connectivity index (χ3v) is 3.83. The maximum Gasteiger partial charge on any atom is 0.312 e. The van der Waals surface area contributed by atoms with Crippen LogP contribution in [-0.4, -0.2) is 22.3 Å². The van der Waals surface area contributed by atoms with Gasteiger partial charge in [-0.15, -0.1) is 0 Å². The minimum absolute atomic E-state index is 0.166. The van der Waals surface area contributed by atoms with Crippen LogP contribution in [0.4, 0.5) is 0 Å². The number of carbonyl (C=O) groups excluding carboxylic acids is 1. The van der Waals surface area contributed by atoms with Gasteiger partial charge in [-0.1, -0.05) is 19.8 Å². The van der Waals surface area contributed by atoms with E-state index < -0.39 is 17.1 Å². The monoisotopic (exact) mass is 242 g/mol. The predicted octanol–water partition coefficient (Wildman–Crippen LogP) is 2.91. The Morgan fingerprint density at radius 2 is 2.00 bits per heavy atom. The number of ether oxygens (including phenoxy) is 1. The van der Waals surface area contributed by atoms with Crippen LogP contribution in [0.25, 0.3) is 0 Å². The molecule has 0 aliphatic heterocycles. The van der Waals surface area contributed by atoms with E-state index in [1.807, 2.05) is 27.7 Å². The summed E-state index contributed by atoms with van der Waals surface area (Å²) in [7, 11) is 0. The number of esters is 1. The molecule has 0 bridgehead atoms. The highest BCUT2D eigenvalue weighted by atomic mass is 16.6. The Morgan fingerprint density at radius 3 is 2.47 bits per heavy atom. The minimum atomic E-state index is -0.888. The van der Waals surface area contributed by atoms with Crippen LogP contribution in [0.15, 0.2) is 0 Å². The van der Waals surface area contributed by atoms with Crippen LogP contribution in [0.3, 0.4) is 0 Å². The number of carbonyl (C=O) groups is 1. The lowest BCUT2D eigenvalue weighted by molar-refractivity contribution is -0.175. The molecule has 1 saturated carbocycles. The second kappa shape index (κ2) is 4.97. The second-order valence-corrected chi connectivity index (χ2v) is 6.39. The Kier molecular flexibility index (Phi) is 4.23. The first-order chi connectivity index (χ1) is 7.67. The Morgan fingerprint density at radius 1 is 1.41 bits per heavy atom. The summed E-state index contributed by atoms with van der Waals surface area (Å²) in [5, 5.41) is 10.7. The average Bonchev–Trinajstić information content (AvgIpc) is 2.19. The van der Waals surface area contributed by atoms with Crippen LogP contribution in [0.5, 0.6) is 0 Å². The van der Waals surface area contributed by atoms with Crippen molar-refractivity contribution in [3.05, 3.63) is 0 Å². The van der Waals surface area contributed by atoms with Gasteiger partial charge in [0, 0.05) is 0 Å². The fourth-order valence-electron chi connectivity index (χ4n) is 2.59. The highest BCUT2D eigenvalue weighted by Crippen LogP contribution is 2.39. The molecule has 0 aromatic carbocycles. The van der Waals surface area contributed by atoms with Crippen molar-refractivity contribution in [2.24, 2.45) is 11.8 Å². The molecule has 0 aromatic rings. The van der Waals surface area contributed by atoms with Crippen molar-refractivity contribution in [3.63, 3.8) is 0 Å². The van der Waals surface area contributed by atoms with Crippen LogP contribution in [0.1, 0.15) is 60.3 Å². The Bertz CT molecular complexity index is 280. The molecule has 100 valence electrons. The minimum Gasteiger partial charge on any atom is -0.460 e. The molecule has 3 unspecified atom stereocenters. The predicted molar refractivity (Wildman–Crippen MR) is 67.6 cm³/mol. The van der Waals surface area contributed by atoms with Gasteiger partial charge < -0.3 is 9.84 Å². The van der Waals surface area contributed by atoms with Crippen molar-refractivity contribution in [1.29, 1.82) is 0 Å². The summed E-state index contributed by atoms with van der Waals surface area (Å²) in [5.41, 5.74) is -1.37. The zero-order chi connectivity index (χ0) is 13.3. The summed E-state index contributed by atoms with van der Waals surface area (Å²) < 4.78 is 5.37. The fraction of sp³-hybridized carbons (Fsp3) is 0.929. The molecule has 0 spiro atoms. The number of rotatable bonds is 2. The molecule has 0 aromatic heterocycles. The zero-order valence-corrected chi connectivity index (χ0v) is 11.7. The normalized spacial score (nSPS) is 32.0. The van der Waals surface area contributed by atoms with E-state index in [0.717, 1.165) is 19.3 Å². The molecule has 0 radical (unpaired) electrons. The molecule has 3 heteroatoms. The average molecular weight is 242 g/mol. The van der Waals surface area contributed by atoms with E-state index >= 15 is 0 Å². The molecular weight excluding hydrogens is 216 g/mol. The summed E-state index contributed by atoms with van der Waals surface area (Å²) in [4.78, 5) is 12.0. The van der Waals surface area contributed by atoms with E-state index in [2.05, 4.69) is 0 Å². The Balaban J connectivity index is 2.73. The van der Waals surface area contributed by atoms with E-state index in [9.17, 15) is 9.90 Å². The molecular formula is C14H26O3. The van der Waals surface area contributed by atoms with E-state index in [-0.39, 0.29) is 11.9 Å². The van der Waals surface area contributed by atoms with Gasteiger partial charge in [0.15, 0.2) is 0 Å². The molecule has 1 aliphatic rings. The van der Waals surface area contributed by atoms with Crippen LogP contribution >= 0.6 is 0 Å². The third kappa shape index (κ3) is 3.44. The number of hydrogen-bond acceptors (Lipinski definition) is 3. The molecule has 1 N–H and O–H groups in total. The van der Waals surface area contributed by atoms with Gasteiger partial charge >= 0.3 is 5.97 Å². The van der Waals surface area contributed by atoms with Crippen molar-refractivity contribution in [1.82, 2.24) is 0 Å². The van der Waals surface area contributed by atoms with Gasteiger partial charge in [-0.25, -0.2) is 0 Å². The van der Waals surface area contributed by atoms with Crippen molar-refractivity contribution < 1.29 is 14.6 Å².